The molecule has 4 nitrogen and oxygen atoms in total. The number of rotatable bonds is 6. The van der Waals surface area contributed by atoms with E-state index in [4.69, 9.17) is 4.99 Å². The average Bonchev–Trinajstić information content (AvgIpc) is 3.10. The number of aliphatic hydroxyl groups excluding tert-OH is 1. The van der Waals surface area contributed by atoms with Crippen LogP contribution in [0.5, 0.6) is 0 Å². The number of nitrogens with one attached hydrogen (secondary N) is 1. The third kappa shape index (κ3) is 4.29. The summed E-state index contributed by atoms with van der Waals surface area (Å²) in [7, 11) is 0. The number of nitrogens with zero attached hydrogens (tertiary/aromatic N) is 2. The number of aromatic nitrogens is 1. The van der Waals surface area contributed by atoms with Gasteiger partial charge in [-0.2, -0.15) is 0 Å². The Morgan fingerprint density at radius 3 is 2.42 bits per heavy atom. The fourth-order valence-electron chi connectivity index (χ4n) is 2.69. The molecule has 3 rings (SSSR count). The number of thiazole rings is 1. The fraction of sp³-hybridized carbons (Fsp3) is 0.238. The van der Waals surface area contributed by atoms with Gasteiger partial charge in [-0.15, -0.1) is 11.3 Å². The summed E-state index contributed by atoms with van der Waals surface area (Å²) in [4.78, 5) is 8.70. The molecule has 0 amide bonds. The van der Waals surface area contributed by atoms with E-state index in [1.54, 1.807) is 11.3 Å². The number of hydrogen-bond acceptors (Lipinski definition) is 2. The Morgan fingerprint density at radius 1 is 1.12 bits per heavy atom. The SMILES string of the molecule is CCc1csc(=N[C@@H](C)C(O)=[NH+]Cc2ccccc2)n1-c1ccccc1. The van der Waals surface area contributed by atoms with Crippen LogP contribution in [0.1, 0.15) is 25.1 Å². The van der Waals surface area contributed by atoms with Gasteiger partial charge in [0.15, 0.2) is 17.4 Å². The van der Waals surface area contributed by atoms with Crippen molar-refractivity contribution in [3.8, 4) is 5.69 Å². The van der Waals surface area contributed by atoms with Crippen LogP contribution >= 0.6 is 11.3 Å². The van der Waals surface area contributed by atoms with E-state index in [1.807, 2.05) is 55.5 Å². The summed E-state index contributed by atoms with van der Waals surface area (Å²) >= 11 is 1.60. The highest BCUT2D eigenvalue weighted by Crippen LogP contribution is 2.12. The fourth-order valence-corrected chi connectivity index (χ4v) is 3.76. The van der Waals surface area contributed by atoms with Gasteiger partial charge >= 0.3 is 5.90 Å². The maximum atomic E-state index is 10.4. The number of hydrogen-bond donors (Lipinski definition) is 2. The summed E-state index contributed by atoms with van der Waals surface area (Å²) in [5.41, 5.74) is 3.42. The molecule has 5 heteroatoms. The van der Waals surface area contributed by atoms with Crippen LogP contribution in [-0.4, -0.2) is 21.6 Å². The highest BCUT2D eigenvalue weighted by Gasteiger charge is 2.15. The molecule has 0 fully saturated rings. The van der Waals surface area contributed by atoms with Gasteiger partial charge in [0.05, 0.1) is 0 Å². The molecule has 1 heterocycles. The summed E-state index contributed by atoms with van der Waals surface area (Å²) in [6, 6.07) is 19.9. The summed E-state index contributed by atoms with van der Waals surface area (Å²) in [6.45, 7) is 4.61. The van der Waals surface area contributed by atoms with Crippen LogP contribution in [0.3, 0.4) is 0 Å². The zero-order valence-corrected chi connectivity index (χ0v) is 15.9. The summed E-state index contributed by atoms with van der Waals surface area (Å²) < 4.78 is 2.16. The Bertz CT molecular complexity index is 927. The maximum absolute atomic E-state index is 10.4. The second-order valence-electron chi connectivity index (χ2n) is 6.06. The Labute approximate surface area is 157 Å². The van der Waals surface area contributed by atoms with Gasteiger partial charge in [0, 0.05) is 22.3 Å². The Balaban J connectivity index is 1.88. The minimum atomic E-state index is -0.336. The lowest BCUT2D eigenvalue weighted by Crippen LogP contribution is -2.73. The van der Waals surface area contributed by atoms with E-state index in [0.717, 1.165) is 22.5 Å². The van der Waals surface area contributed by atoms with Crippen molar-refractivity contribution < 1.29 is 10.1 Å². The molecule has 0 radical (unpaired) electrons. The molecule has 0 aliphatic rings. The van der Waals surface area contributed by atoms with Crippen molar-refractivity contribution in [3.63, 3.8) is 0 Å². The molecular formula is C21H24N3OS+. The predicted octanol–water partition coefficient (Wildman–Crippen LogP) is 2.63. The van der Waals surface area contributed by atoms with Gasteiger partial charge in [-0.25, -0.2) is 9.98 Å². The smallest absolute Gasteiger partial charge is 0.357 e. The van der Waals surface area contributed by atoms with Crippen molar-refractivity contribution in [2.45, 2.75) is 32.9 Å². The summed E-state index contributed by atoms with van der Waals surface area (Å²) in [6.07, 6.45) is 0.928. The Morgan fingerprint density at radius 2 is 1.77 bits per heavy atom. The van der Waals surface area contributed by atoms with E-state index in [-0.39, 0.29) is 11.9 Å². The predicted molar refractivity (Wildman–Crippen MR) is 107 cm³/mol. The first kappa shape index (κ1) is 18.1. The third-order valence-electron chi connectivity index (χ3n) is 4.17. The van der Waals surface area contributed by atoms with Crippen LogP contribution in [0.4, 0.5) is 0 Å². The van der Waals surface area contributed by atoms with Crippen LogP contribution in [0.15, 0.2) is 71.0 Å². The van der Waals surface area contributed by atoms with Crippen molar-refractivity contribution in [2.75, 3.05) is 0 Å². The van der Waals surface area contributed by atoms with Crippen LogP contribution < -0.4 is 9.79 Å². The zero-order chi connectivity index (χ0) is 18.4. The number of aliphatic hydroxyl groups is 1. The topological polar surface area (TPSA) is 51.5 Å². The standard InChI is InChI=1S/C21H23N3OS/c1-3-18-15-26-21(24(18)19-12-8-5-9-13-19)23-16(2)20(25)22-14-17-10-6-4-7-11-17/h4-13,15-16H,3,14H2,1-2H3,(H,22,25)/p+1/t16-/m0/s1. The van der Waals surface area contributed by atoms with Gasteiger partial charge in [0.2, 0.25) is 0 Å². The molecule has 3 aromatic rings. The van der Waals surface area contributed by atoms with Crippen LogP contribution in [0.2, 0.25) is 0 Å². The third-order valence-corrected chi connectivity index (χ3v) is 5.06. The lowest BCUT2D eigenvalue weighted by molar-refractivity contribution is -0.486. The minimum absolute atomic E-state index is 0.180. The first-order chi connectivity index (χ1) is 12.7. The molecule has 2 aromatic carbocycles. The van der Waals surface area contributed by atoms with E-state index in [1.165, 1.54) is 5.69 Å². The molecule has 0 spiro atoms. The Kier molecular flexibility index (Phi) is 6.02. The molecule has 0 saturated heterocycles. The number of para-hydroxylation sites is 1. The molecule has 0 bridgehead atoms. The van der Waals surface area contributed by atoms with Crippen molar-refractivity contribution in [2.24, 2.45) is 4.99 Å². The van der Waals surface area contributed by atoms with E-state index in [9.17, 15) is 5.11 Å². The highest BCUT2D eigenvalue weighted by molar-refractivity contribution is 7.07. The molecule has 0 aliphatic heterocycles. The monoisotopic (exact) mass is 366 g/mol. The molecule has 0 aliphatic carbocycles. The molecule has 0 saturated carbocycles. The van der Waals surface area contributed by atoms with Gasteiger partial charge in [-0.05, 0) is 25.5 Å². The average molecular weight is 367 g/mol. The van der Waals surface area contributed by atoms with Crippen molar-refractivity contribution in [1.29, 1.82) is 0 Å². The van der Waals surface area contributed by atoms with E-state index in [2.05, 4.69) is 34.0 Å². The number of aryl methyl sites for hydroxylation is 1. The highest BCUT2D eigenvalue weighted by atomic mass is 32.1. The first-order valence-electron chi connectivity index (χ1n) is 8.81. The van der Waals surface area contributed by atoms with Gasteiger partial charge in [0.1, 0.15) is 0 Å². The first-order valence-corrected chi connectivity index (χ1v) is 9.69. The molecule has 0 unspecified atom stereocenters. The van der Waals surface area contributed by atoms with Crippen molar-refractivity contribution in [1.82, 2.24) is 4.57 Å². The Hall–Kier alpha value is -2.66. The summed E-state index contributed by atoms with van der Waals surface area (Å²) in [5.74, 6) is 0.180. The minimum Gasteiger partial charge on any atom is -0.462 e. The molecule has 134 valence electrons. The molecule has 1 aromatic heterocycles. The lowest BCUT2D eigenvalue weighted by atomic mass is 10.2. The van der Waals surface area contributed by atoms with Gasteiger partial charge < -0.3 is 5.11 Å². The van der Waals surface area contributed by atoms with Gasteiger partial charge in [0.25, 0.3) is 0 Å². The van der Waals surface area contributed by atoms with Crippen molar-refractivity contribution >= 4 is 17.2 Å². The second kappa shape index (κ2) is 8.63. The molecule has 2 N–H and O–H groups in total. The van der Waals surface area contributed by atoms with Crippen LogP contribution in [0.25, 0.3) is 5.69 Å². The van der Waals surface area contributed by atoms with E-state index < -0.39 is 0 Å². The second-order valence-corrected chi connectivity index (χ2v) is 6.90. The van der Waals surface area contributed by atoms with Crippen molar-refractivity contribution in [3.05, 3.63) is 82.1 Å². The van der Waals surface area contributed by atoms with Crippen LogP contribution in [-0.2, 0) is 13.0 Å². The maximum Gasteiger partial charge on any atom is 0.357 e. The van der Waals surface area contributed by atoms with Gasteiger partial charge in [-0.1, -0.05) is 55.5 Å². The van der Waals surface area contributed by atoms with E-state index in [0.29, 0.717) is 6.54 Å². The number of benzene rings is 2. The van der Waals surface area contributed by atoms with E-state index >= 15 is 0 Å². The summed E-state index contributed by atoms with van der Waals surface area (Å²) in [5, 5.41) is 12.5. The largest absolute Gasteiger partial charge is 0.462 e. The molecular weight excluding hydrogens is 342 g/mol. The normalized spacial score (nSPS) is 13.8. The quantitative estimate of drug-likeness (QED) is 0.511. The molecule has 1 atom stereocenters. The zero-order valence-electron chi connectivity index (χ0n) is 15.1. The van der Waals surface area contributed by atoms with Crippen LogP contribution in [0, 0.1) is 0 Å². The van der Waals surface area contributed by atoms with Gasteiger partial charge in [-0.3, -0.25) is 4.57 Å². The molecule has 26 heavy (non-hydrogen) atoms. The lowest BCUT2D eigenvalue weighted by Gasteiger charge is -2.08.